The highest BCUT2D eigenvalue weighted by Crippen LogP contribution is 2.18. The zero-order valence-corrected chi connectivity index (χ0v) is 12.5. The topological polar surface area (TPSA) is 50.4 Å². The first-order chi connectivity index (χ1) is 10.2. The van der Waals surface area contributed by atoms with Crippen molar-refractivity contribution >= 4 is 23.3 Å². The van der Waals surface area contributed by atoms with E-state index in [1.807, 2.05) is 24.3 Å². The second kappa shape index (κ2) is 7.55. The summed E-state index contributed by atoms with van der Waals surface area (Å²) in [6, 6.07) is 14.4. The van der Waals surface area contributed by atoms with Gasteiger partial charge in [-0.2, -0.15) is 0 Å². The van der Waals surface area contributed by atoms with Crippen LogP contribution in [0.15, 0.2) is 48.5 Å². The second-order valence-electron chi connectivity index (χ2n) is 4.39. The number of hydrogen-bond acceptors (Lipinski definition) is 2. The third-order valence-corrected chi connectivity index (χ3v) is 3.13. The van der Waals surface area contributed by atoms with Crippen LogP contribution in [0.3, 0.4) is 0 Å². The fourth-order valence-corrected chi connectivity index (χ4v) is 2.05. The fourth-order valence-electron chi connectivity index (χ4n) is 1.86. The van der Waals surface area contributed by atoms with E-state index in [2.05, 4.69) is 17.6 Å². The molecule has 21 heavy (non-hydrogen) atoms. The molecule has 110 valence electrons. The Morgan fingerprint density at radius 2 is 2.00 bits per heavy atom. The van der Waals surface area contributed by atoms with E-state index in [1.165, 1.54) is 0 Å². The number of aryl methyl sites for hydroxylation is 1. The average Bonchev–Trinajstić information content (AvgIpc) is 2.47. The minimum atomic E-state index is -0.341. The van der Waals surface area contributed by atoms with Crippen LogP contribution in [0.2, 0.25) is 5.02 Å². The molecule has 2 N–H and O–H groups in total. The molecular formula is C16H17ClN2O2. The molecule has 0 atom stereocenters. The molecule has 0 aromatic heterocycles. The van der Waals surface area contributed by atoms with Crippen molar-refractivity contribution < 1.29 is 9.53 Å². The Kier molecular flexibility index (Phi) is 5.46. The first kappa shape index (κ1) is 15.2. The van der Waals surface area contributed by atoms with E-state index in [9.17, 15) is 4.79 Å². The summed E-state index contributed by atoms with van der Waals surface area (Å²) >= 11 is 5.85. The van der Waals surface area contributed by atoms with E-state index < -0.39 is 0 Å². The van der Waals surface area contributed by atoms with Crippen LogP contribution in [0.1, 0.15) is 12.5 Å². The smallest absolute Gasteiger partial charge is 0.321 e. The van der Waals surface area contributed by atoms with Crippen LogP contribution in [-0.2, 0) is 6.42 Å². The van der Waals surface area contributed by atoms with Gasteiger partial charge in [0.15, 0.2) is 6.73 Å². The first-order valence-corrected chi connectivity index (χ1v) is 7.08. The van der Waals surface area contributed by atoms with Crippen molar-refractivity contribution in [1.29, 1.82) is 0 Å². The van der Waals surface area contributed by atoms with Crippen molar-refractivity contribution in [3.05, 3.63) is 59.1 Å². The predicted octanol–water partition coefficient (Wildman–Crippen LogP) is 4.06. The molecule has 0 heterocycles. The molecule has 0 fully saturated rings. The second-order valence-corrected chi connectivity index (χ2v) is 4.83. The molecule has 0 saturated heterocycles. The molecule has 2 rings (SSSR count). The lowest BCUT2D eigenvalue weighted by atomic mass is 10.1. The van der Waals surface area contributed by atoms with E-state index in [-0.39, 0.29) is 12.8 Å². The molecule has 0 bridgehead atoms. The maximum atomic E-state index is 11.7. The number of anilines is 1. The molecule has 2 aromatic rings. The summed E-state index contributed by atoms with van der Waals surface area (Å²) in [5.41, 5.74) is 1.74. The molecule has 0 aliphatic rings. The summed E-state index contributed by atoms with van der Waals surface area (Å²) in [5.74, 6) is 0.781. The van der Waals surface area contributed by atoms with Crippen LogP contribution >= 0.6 is 11.6 Å². The number of carbonyl (C=O) groups is 1. The number of urea groups is 1. The maximum absolute atomic E-state index is 11.7. The number of nitrogens with one attached hydrogen (secondary N) is 2. The Balaban J connectivity index is 1.82. The van der Waals surface area contributed by atoms with Crippen LogP contribution in [0.4, 0.5) is 10.5 Å². The van der Waals surface area contributed by atoms with Crippen molar-refractivity contribution in [2.75, 3.05) is 12.0 Å². The Morgan fingerprint density at radius 1 is 1.19 bits per heavy atom. The minimum Gasteiger partial charge on any atom is -0.473 e. The Labute approximate surface area is 129 Å². The van der Waals surface area contributed by atoms with Gasteiger partial charge in [-0.15, -0.1) is 0 Å². The first-order valence-electron chi connectivity index (χ1n) is 6.70. The summed E-state index contributed by atoms with van der Waals surface area (Å²) in [4.78, 5) is 11.7. The molecule has 0 aliphatic heterocycles. The van der Waals surface area contributed by atoms with Gasteiger partial charge in [-0.3, -0.25) is 0 Å². The van der Waals surface area contributed by atoms with Crippen molar-refractivity contribution in [3.8, 4) is 5.75 Å². The lowest BCUT2D eigenvalue weighted by Crippen LogP contribution is -2.32. The van der Waals surface area contributed by atoms with E-state index in [0.29, 0.717) is 10.7 Å². The monoisotopic (exact) mass is 304 g/mol. The van der Waals surface area contributed by atoms with E-state index in [1.54, 1.807) is 24.3 Å². The highest BCUT2D eigenvalue weighted by atomic mass is 35.5. The summed E-state index contributed by atoms with van der Waals surface area (Å²) in [7, 11) is 0. The highest BCUT2D eigenvalue weighted by Gasteiger charge is 2.03. The van der Waals surface area contributed by atoms with Gasteiger partial charge in [0.25, 0.3) is 0 Å². The molecule has 0 unspecified atom stereocenters. The summed E-state index contributed by atoms with van der Waals surface area (Å²) in [5, 5.41) is 5.89. The number of amides is 2. The third-order valence-electron chi connectivity index (χ3n) is 2.90. The molecule has 2 amide bonds. The molecule has 4 nitrogen and oxygen atoms in total. The Morgan fingerprint density at radius 3 is 2.76 bits per heavy atom. The number of benzene rings is 2. The van der Waals surface area contributed by atoms with Gasteiger partial charge in [0.05, 0.1) is 0 Å². The van der Waals surface area contributed by atoms with Gasteiger partial charge in [-0.05, 0) is 36.2 Å². The molecule has 0 saturated carbocycles. The van der Waals surface area contributed by atoms with Crippen molar-refractivity contribution in [2.24, 2.45) is 0 Å². The zero-order chi connectivity index (χ0) is 15.1. The summed E-state index contributed by atoms with van der Waals surface area (Å²) in [6.45, 7) is 2.16. The predicted molar refractivity (Wildman–Crippen MR) is 84.9 cm³/mol. The van der Waals surface area contributed by atoms with Crippen LogP contribution < -0.4 is 15.4 Å². The van der Waals surface area contributed by atoms with Crippen molar-refractivity contribution in [3.63, 3.8) is 0 Å². The molecule has 0 radical (unpaired) electrons. The van der Waals surface area contributed by atoms with Crippen LogP contribution in [0.5, 0.6) is 5.75 Å². The maximum Gasteiger partial charge on any atom is 0.321 e. The number of hydrogen-bond donors (Lipinski definition) is 2. The molecule has 0 spiro atoms. The Hall–Kier alpha value is -2.20. The number of halogens is 1. The van der Waals surface area contributed by atoms with Crippen LogP contribution in [0, 0.1) is 0 Å². The summed E-state index contributed by atoms with van der Waals surface area (Å²) in [6.07, 6.45) is 0.880. The van der Waals surface area contributed by atoms with E-state index in [0.717, 1.165) is 17.7 Å². The quantitative estimate of drug-likeness (QED) is 0.818. The molecule has 5 heteroatoms. The van der Waals surface area contributed by atoms with E-state index >= 15 is 0 Å². The molecular weight excluding hydrogens is 288 g/mol. The lowest BCUT2D eigenvalue weighted by Gasteiger charge is -2.12. The van der Waals surface area contributed by atoms with Crippen molar-refractivity contribution in [2.45, 2.75) is 13.3 Å². The minimum absolute atomic E-state index is 0.101. The number of rotatable bonds is 5. The molecule has 0 aliphatic carbocycles. The van der Waals surface area contributed by atoms with Gasteiger partial charge in [-0.25, -0.2) is 4.79 Å². The average molecular weight is 305 g/mol. The Bertz CT molecular complexity index is 617. The summed E-state index contributed by atoms with van der Waals surface area (Å²) < 4.78 is 5.56. The number of para-hydroxylation sites is 1. The normalized spacial score (nSPS) is 10.0. The fraction of sp³-hybridized carbons (Fsp3) is 0.188. The van der Waals surface area contributed by atoms with Gasteiger partial charge in [-0.1, -0.05) is 42.8 Å². The zero-order valence-electron chi connectivity index (χ0n) is 11.7. The lowest BCUT2D eigenvalue weighted by molar-refractivity contribution is 0.234. The SMILES string of the molecule is CCc1ccccc1OCNC(=O)Nc1cccc(Cl)c1. The van der Waals surface area contributed by atoms with E-state index in [4.69, 9.17) is 16.3 Å². The largest absolute Gasteiger partial charge is 0.473 e. The third kappa shape index (κ3) is 4.68. The van der Waals surface area contributed by atoms with Crippen molar-refractivity contribution in [1.82, 2.24) is 5.32 Å². The van der Waals surface area contributed by atoms with Gasteiger partial charge in [0.2, 0.25) is 0 Å². The van der Waals surface area contributed by atoms with Gasteiger partial charge in [0.1, 0.15) is 5.75 Å². The standard InChI is InChI=1S/C16H17ClN2O2/c1-2-12-6-3-4-9-15(12)21-11-18-16(20)19-14-8-5-7-13(17)10-14/h3-10H,2,11H2,1H3,(H2,18,19,20). The van der Waals surface area contributed by atoms with Crippen LogP contribution in [-0.4, -0.2) is 12.8 Å². The molecule has 2 aromatic carbocycles. The van der Waals surface area contributed by atoms with Crippen LogP contribution in [0.25, 0.3) is 0 Å². The number of carbonyl (C=O) groups excluding carboxylic acids is 1. The number of ether oxygens (including phenoxy) is 1. The van der Waals surface area contributed by atoms with Gasteiger partial charge < -0.3 is 15.4 Å². The highest BCUT2D eigenvalue weighted by molar-refractivity contribution is 6.30. The van der Waals surface area contributed by atoms with Gasteiger partial charge >= 0.3 is 6.03 Å². The van der Waals surface area contributed by atoms with Gasteiger partial charge in [0, 0.05) is 10.7 Å².